The fourth-order valence-electron chi connectivity index (χ4n) is 3.36. The first-order valence-corrected chi connectivity index (χ1v) is 8.85. The van der Waals surface area contributed by atoms with Gasteiger partial charge in [0, 0.05) is 12.4 Å². The van der Waals surface area contributed by atoms with Gasteiger partial charge in [-0.25, -0.2) is 14.5 Å². The highest BCUT2D eigenvalue weighted by molar-refractivity contribution is 7.19. The SMILES string of the molecule is Cc1nc2c(s1)c1cnn(Cc3ccc4[nH]c(=O)[nH]c4c3)c(=O)c1n2C. The van der Waals surface area contributed by atoms with Crippen molar-refractivity contribution >= 4 is 43.6 Å². The first-order valence-electron chi connectivity index (χ1n) is 8.04. The Balaban J connectivity index is 1.66. The average molecular weight is 366 g/mol. The number of nitrogens with zero attached hydrogens (tertiary/aromatic N) is 4. The zero-order valence-corrected chi connectivity index (χ0v) is 14.8. The molecule has 5 aromatic rings. The number of imidazole rings is 1. The van der Waals surface area contributed by atoms with Gasteiger partial charge in [-0.2, -0.15) is 5.10 Å². The summed E-state index contributed by atoms with van der Waals surface area (Å²) in [5.74, 6) is 0. The average Bonchev–Trinajstić information content (AvgIpc) is 3.23. The van der Waals surface area contributed by atoms with Crippen molar-refractivity contribution < 1.29 is 0 Å². The molecule has 0 aliphatic rings. The molecule has 2 N–H and O–H groups in total. The monoisotopic (exact) mass is 366 g/mol. The molecule has 4 aromatic heterocycles. The zero-order chi connectivity index (χ0) is 18.0. The summed E-state index contributed by atoms with van der Waals surface area (Å²) in [4.78, 5) is 34.3. The molecule has 4 heterocycles. The number of thiazole rings is 1. The van der Waals surface area contributed by atoms with E-state index in [-0.39, 0.29) is 11.2 Å². The van der Waals surface area contributed by atoms with E-state index in [9.17, 15) is 9.59 Å². The number of hydrogen-bond donors (Lipinski definition) is 2. The summed E-state index contributed by atoms with van der Waals surface area (Å²) in [6, 6.07) is 5.54. The van der Waals surface area contributed by atoms with Crippen LogP contribution >= 0.6 is 11.3 Å². The van der Waals surface area contributed by atoms with E-state index in [1.807, 2.05) is 36.7 Å². The summed E-state index contributed by atoms with van der Waals surface area (Å²) in [7, 11) is 1.85. The lowest BCUT2D eigenvalue weighted by Crippen LogP contribution is -2.24. The predicted molar refractivity (Wildman–Crippen MR) is 101 cm³/mol. The smallest absolute Gasteiger partial charge is 0.323 e. The van der Waals surface area contributed by atoms with E-state index in [1.54, 1.807) is 17.5 Å². The van der Waals surface area contributed by atoms with E-state index >= 15 is 0 Å². The van der Waals surface area contributed by atoms with Crippen molar-refractivity contribution in [3.63, 3.8) is 0 Å². The molecule has 0 fully saturated rings. The maximum Gasteiger partial charge on any atom is 0.323 e. The highest BCUT2D eigenvalue weighted by atomic mass is 32.1. The van der Waals surface area contributed by atoms with Gasteiger partial charge in [-0.05, 0) is 24.6 Å². The summed E-state index contributed by atoms with van der Waals surface area (Å²) in [6.07, 6.45) is 1.73. The van der Waals surface area contributed by atoms with Gasteiger partial charge in [0.25, 0.3) is 5.56 Å². The van der Waals surface area contributed by atoms with Crippen molar-refractivity contribution in [3.05, 3.63) is 55.8 Å². The minimum absolute atomic E-state index is 0.157. The summed E-state index contributed by atoms with van der Waals surface area (Å²) in [5, 5.41) is 6.15. The fraction of sp³-hybridized carbons (Fsp3) is 0.176. The molecular weight excluding hydrogens is 352 g/mol. The third-order valence-corrected chi connectivity index (χ3v) is 5.54. The molecule has 26 heavy (non-hydrogen) atoms. The topological polar surface area (TPSA) is 101 Å². The van der Waals surface area contributed by atoms with E-state index in [2.05, 4.69) is 20.1 Å². The predicted octanol–water partition coefficient (Wildman–Crippen LogP) is 1.87. The molecule has 0 saturated heterocycles. The van der Waals surface area contributed by atoms with Crippen LogP contribution in [-0.4, -0.2) is 29.3 Å². The molecule has 0 saturated carbocycles. The lowest BCUT2D eigenvalue weighted by atomic mass is 10.2. The number of aryl methyl sites for hydroxylation is 2. The van der Waals surface area contributed by atoms with Gasteiger partial charge in [-0.15, -0.1) is 11.3 Å². The molecule has 5 rings (SSSR count). The zero-order valence-electron chi connectivity index (χ0n) is 14.0. The third-order valence-electron chi connectivity index (χ3n) is 4.55. The van der Waals surface area contributed by atoms with Gasteiger partial charge in [0.1, 0.15) is 5.52 Å². The first-order chi connectivity index (χ1) is 12.5. The van der Waals surface area contributed by atoms with Gasteiger partial charge < -0.3 is 14.5 Å². The maximum absolute atomic E-state index is 13.0. The van der Waals surface area contributed by atoms with Gasteiger partial charge in [0.15, 0.2) is 5.65 Å². The van der Waals surface area contributed by atoms with Crippen molar-refractivity contribution in [2.45, 2.75) is 13.5 Å². The molecule has 0 aliphatic carbocycles. The number of nitrogens with one attached hydrogen (secondary N) is 2. The van der Waals surface area contributed by atoms with Crippen molar-refractivity contribution in [3.8, 4) is 0 Å². The highest BCUT2D eigenvalue weighted by Gasteiger charge is 2.17. The molecule has 0 amide bonds. The van der Waals surface area contributed by atoms with Gasteiger partial charge in [0.05, 0.1) is 33.5 Å². The lowest BCUT2D eigenvalue weighted by molar-refractivity contribution is 0.644. The molecule has 8 nitrogen and oxygen atoms in total. The molecule has 130 valence electrons. The first kappa shape index (κ1) is 15.1. The Morgan fingerprint density at radius 2 is 2.00 bits per heavy atom. The normalized spacial score (nSPS) is 11.9. The molecule has 0 bridgehead atoms. The summed E-state index contributed by atoms with van der Waals surface area (Å²) in [6.45, 7) is 2.27. The maximum atomic E-state index is 13.0. The number of aromatic nitrogens is 6. The standard InChI is InChI=1S/C17H14N6O2S/c1-8-19-15-14(26-8)10-6-18-23(16(24)13(10)22(15)2)7-9-3-4-11-12(5-9)21-17(25)20-11/h3-6H,7H2,1-2H3,(H2,20,21,25). The van der Waals surface area contributed by atoms with Crippen LogP contribution in [-0.2, 0) is 13.6 Å². The van der Waals surface area contributed by atoms with Gasteiger partial charge in [-0.1, -0.05) is 6.07 Å². The molecule has 9 heteroatoms. The minimum Gasteiger partial charge on any atom is -0.323 e. The van der Waals surface area contributed by atoms with Gasteiger partial charge in [0.2, 0.25) is 0 Å². The van der Waals surface area contributed by atoms with Crippen LogP contribution < -0.4 is 11.2 Å². The second kappa shape index (κ2) is 5.15. The number of H-pyrrole nitrogens is 2. The Morgan fingerprint density at radius 1 is 1.19 bits per heavy atom. The number of fused-ring (bicyclic) bond motifs is 4. The molecule has 0 aliphatic heterocycles. The summed E-state index contributed by atoms with van der Waals surface area (Å²) >= 11 is 1.57. The van der Waals surface area contributed by atoms with Crippen molar-refractivity contribution in [2.75, 3.05) is 0 Å². The van der Waals surface area contributed by atoms with Crippen molar-refractivity contribution in [2.24, 2.45) is 7.05 Å². The number of aromatic amines is 2. The second-order valence-corrected chi connectivity index (χ2v) is 7.48. The number of rotatable bonds is 2. The Morgan fingerprint density at radius 3 is 2.85 bits per heavy atom. The van der Waals surface area contributed by atoms with Crippen LogP contribution in [0.15, 0.2) is 34.0 Å². The van der Waals surface area contributed by atoms with Crippen LogP contribution in [0.1, 0.15) is 10.6 Å². The van der Waals surface area contributed by atoms with E-state index < -0.39 is 0 Å². The summed E-state index contributed by atoms with van der Waals surface area (Å²) < 4.78 is 4.26. The van der Waals surface area contributed by atoms with Crippen LogP contribution in [0.4, 0.5) is 0 Å². The Hall–Kier alpha value is -3.20. The molecule has 0 spiro atoms. The van der Waals surface area contributed by atoms with E-state index in [0.717, 1.165) is 31.8 Å². The van der Waals surface area contributed by atoms with Crippen LogP contribution in [0.5, 0.6) is 0 Å². The molecule has 1 aromatic carbocycles. The Labute approximate surface area is 149 Å². The largest absolute Gasteiger partial charge is 0.323 e. The van der Waals surface area contributed by atoms with Crippen LogP contribution in [0.25, 0.3) is 32.3 Å². The minimum atomic E-state index is -0.250. The van der Waals surface area contributed by atoms with Crippen LogP contribution in [0, 0.1) is 6.92 Å². The van der Waals surface area contributed by atoms with E-state index in [4.69, 9.17) is 0 Å². The van der Waals surface area contributed by atoms with Crippen LogP contribution in [0.2, 0.25) is 0 Å². The molecule has 0 atom stereocenters. The summed E-state index contributed by atoms with van der Waals surface area (Å²) in [5.41, 5.74) is 3.33. The highest BCUT2D eigenvalue weighted by Crippen LogP contribution is 2.30. The van der Waals surface area contributed by atoms with Crippen molar-refractivity contribution in [1.82, 2.24) is 29.3 Å². The van der Waals surface area contributed by atoms with E-state index in [1.165, 1.54) is 4.68 Å². The molecular formula is C17H14N6O2S. The fourth-order valence-corrected chi connectivity index (χ4v) is 4.32. The quantitative estimate of drug-likeness (QED) is 0.498. The lowest BCUT2D eigenvalue weighted by Gasteiger charge is -2.06. The Bertz CT molecular complexity index is 1430. The molecule has 0 radical (unpaired) electrons. The number of hydrogen-bond acceptors (Lipinski definition) is 5. The second-order valence-electron chi connectivity index (χ2n) is 6.27. The third kappa shape index (κ3) is 2.07. The van der Waals surface area contributed by atoms with Gasteiger partial charge >= 0.3 is 5.69 Å². The van der Waals surface area contributed by atoms with E-state index in [0.29, 0.717) is 17.6 Å². The Kier molecular flexibility index (Phi) is 2.99. The molecule has 0 unspecified atom stereocenters. The van der Waals surface area contributed by atoms with Crippen molar-refractivity contribution in [1.29, 1.82) is 0 Å². The van der Waals surface area contributed by atoms with Gasteiger partial charge in [-0.3, -0.25) is 4.79 Å². The number of benzene rings is 1. The van der Waals surface area contributed by atoms with Crippen LogP contribution in [0.3, 0.4) is 0 Å².